The number of aliphatic carboxylic acids is 1. The summed E-state index contributed by atoms with van der Waals surface area (Å²) in [5.74, 6) is -0.944. The molecule has 0 aliphatic heterocycles. The summed E-state index contributed by atoms with van der Waals surface area (Å²) in [5, 5.41) is 8.92. The van der Waals surface area contributed by atoms with E-state index in [1.165, 1.54) is 5.56 Å². The van der Waals surface area contributed by atoms with Gasteiger partial charge in [-0.25, -0.2) is 0 Å². The standard InChI is InChI=1S/C14H22N2O2/c1-11-5-7-12(8-6-11)16(3)10-4-9-14(2,15)13(17)18/h5-8H,4,9-10,15H2,1-3H3,(H,17,18). The highest BCUT2D eigenvalue weighted by Crippen LogP contribution is 2.15. The van der Waals surface area contributed by atoms with Gasteiger partial charge in [0.15, 0.2) is 0 Å². The minimum absolute atomic E-state index is 0.471. The van der Waals surface area contributed by atoms with Crippen LogP contribution in [-0.2, 0) is 4.79 Å². The van der Waals surface area contributed by atoms with Gasteiger partial charge in [0.2, 0.25) is 0 Å². The number of anilines is 1. The summed E-state index contributed by atoms with van der Waals surface area (Å²) < 4.78 is 0. The monoisotopic (exact) mass is 250 g/mol. The van der Waals surface area contributed by atoms with Gasteiger partial charge in [0.05, 0.1) is 0 Å². The second-order valence-corrected chi connectivity index (χ2v) is 5.08. The van der Waals surface area contributed by atoms with Gasteiger partial charge in [0.1, 0.15) is 5.54 Å². The quantitative estimate of drug-likeness (QED) is 0.810. The highest BCUT2D eigenvalue weighted by atomic mass is 16.4. The van der Waals surface area contributed by atoms with E-state index in [0.29, 0.717) is 6.42 Å². The molecule has 18 heavy (non-hydrogen) atoms. The maximum Gasteiger partial charge on any atom is 0.323 e. The molecule has 0 saturated heterocycles. The Bertz CT molecular complexity index is 399. The summed E-state index contributed by atoms with van der Waals surface area (Å²) in [6, 6.07) is 8.26. The molecule has 1 aromatic carbocycles. The zero-order valence-electron chi connectivity index (χ0n) is 11.3. The second kappa shape index (κ2) is 5.87. The fourth-order valence-electron chi connectivity index (χ4n) is 1.72. The first-order chi connectivity index (χ1) is 8.33. The van der Waals surface area contributed by atoms with Gasteiger partial charge in [-0.05, 0) is 38.8 Å². The molecule has 3 N–H and O–H groups in total. The first kappa shape index (κ1) is 14.5. The van der Waals surface area contributed by atoms with Crippen molar-refractivity contribution in [2.45, 2.75) is 32.2 Å². The predicted octanol–water partition coefficient (Wildman–Crippen LogP) is 2.01. The van der Waals surface area contributed by atoms with Crippen LogP contribution in [0.4, 0.5) is 5.69 Å². The summed E-state index contributed by atoms with van der Waals surface area (Å²) >= 11 is 0. The van der Waals surface area contributed by atoms with E-state index in [9.17, 15) is 4.79 Å². The van der Waals surface area contributed by atoms with Gasteiger partial charge in [0.25, 0.3) is 0 Å². The van der Waals surface area contributed by atoms with Crippen LogP contribution in [0.3, 0.4) is 0 Å². The van der Waals surface area contributed by atoms with Crippen LogP contribution in [-0.4, -0.2) is 30.2 Å². The molecule has 0 bridgehead atoms. The van der Waals surface area contributed by atoms with E-state index >= 15 is 0 Å². The summed E-state index contributed by atoms with van der Waals surface area (Å²) in [6.45, 7) is 4.40. The maximum atomic E-state index is 10.9. The molecule has 0 aliphatic carbocycles. The van der Waals surface area contributed by atoms with Crippen molar-refractivity contribution in [3.63, 3.8) is 0 Å². The molecule has 0 aliphatic rings. The van der Waals surface area contributed by atoms with E-state index in [1.54, 1.807) is 6.92 Å². The van der Waals surface area contributed by atoms with Crippen LogP contribution in [0, 0.1) is 6.92 Å². The third-order valence-electron chi connectivity index (χ3n) is 3.15. The molecule has 0 heterocycles. The lowest BCUT2D eigenvalue weighted by Gasteiger charge is -2.23. The Labute approximate surface area is 108 Å². The number of hydrogen-bond acceptors (Lipinski definition) is 3. The number of benzene rings is 1. The predicted molar refractivity (Wildman–Crippen MR) is 73.9 cm³/mol. The molecular weight excluding hydrogens is 228 g/mol. The number of carboxylic acids is 1. The second-order valence-electron chi connectivity index (χ2n) is 5.08. The number of carbonyl (C=O) groups is 1. The number of nitrogens with two attached hydrogens (primary N) is 1. The Morgan fingerprint density at radius 1 is 1.39 bits per heavy atom. The van der Waals surface area contributed by atoms with Crippen LogP contribution in [0.15, 0.2) is 24.3 Å². The lowest BCUT2D eigenvalue weighted by atomic mass is 9.97. The van der Waals surface area contributed by atoms with Crippen molar-refractivity contribution in [2.75, 3.05) is 18.5 Å². The van der Waals surface area contributed by atoms with Crippen LogP contribution < -0.4 is 10.6 Å². The van der Waals surface area contributed by atoms with Gasteiger partial charge in [-0.2, -0.15) is 0 Å². The molecule has 4 nitrogen and oxygen atoms in total. The zero-order chi connectivity index (χ0) is 13.8. The number of carboxylic acid groups (broad SMARTS) is 1. The molecule has 0 fully saturated rings. The van der Waals surface area contributed by atoms with E-state index in [1.807, 2.05) is 7.05 Å². The first-order valence-corrected chi connectivity index (χ1v) is 6.13. The highest BCUT2D eigenvalue weighted by molar-refractivity contribution is 5.77. The molecule has 100 valence electrons. The zero-order valence-corrected chi connectivity index (χ0v) is 11.3. The van der Waals surface area contributed by atoms with E-state index in [-0.39, 0.29) is 0 Å². The average molecular weight is 250 g/mol. The number of rotatable bonds is 6. The van der Waals surface area contributed by atoms with Crippen LogP contribution in [0.1, 0.15) is 25.3 Å². The largest absolute Gasteiger partial charge is 0.480 e. The van der Waals surface area contributed by atoms with E-state index in [4.69, 9.17) is 10.8 Å². The lowest BCUT2D eigenvalue weighted by molar-refractivity contribution is -0.142. The van der Waals surface area contributed by atoms with Crippen molar-refractivity contribution in [2.24, 2.45) is 5.73 Å². The van der Waals surface area contributed by atoms with Gasteiger partial charge in [0, 0.05) is 19.3 Å². The maximum absolute atomic E-state index is 10.9. The molecule has 1 aromatic rings. The molecule has 0 saturated carbocycles. The molecule has 1 unspecified atom stereocenters. The lowest BCUT2D eigenvalue weighted by Crippen LogP contribution is -2.45. The third kappa shape index (κ3) is 4.04. The number of hydrogen-bond donors (Lipinski definition) is 2. The first-order valence-electron chi connectivity index (χ1n) is 6.13. The van der Waals surface area contributed by atoms with Crippen LogP contribution >= 0.6 is 0 Å². The number of nitrogens with zero attached hydrogens (tertiary/aromatic N) is 1. The Kier molecular flexibility index (Phi) is 4.73. The Morgan fingerprint density at radius 2 is 1.94 bits per heavy atom. The van der Waals surface area contributed by atoms with Gasteiger partial charge in [-0.3, -0.25) is 4.79 Å². The average Bonchev–Trinajstić information content (AvgIpc) is 2.29. The molecule has 0 radical (unpaired) electrons. The minimum Gasteiger partial charge on any atom is -0.480 e. The Hall–Kier alpha value is -1.55. The Balaban J connectivity index is 2.45. The van der Waals surface area contributed by atoms with Gasteiger partial charge in [-0.15, -0.1) is 0 Å². The molecule has 1 atom stereocenters. The molecule has 1 rings (SSSR count). The van der Waals surface area contributed by atoms with Crippen molar-refractivity contribution in [1.82, 2.24) is 0 Å². The van der Waals surface area contributed by atoms with Gasteiger partial charge in [-0.1, -0.05) is 17.7 Å². The fraction of sp³-hybridized carbons (Fsp3) is 0.500. The molecule has 0 spiro atoms. The summed E-state index contributed by atoms with van der Waals surface area (Å²) in [7, 11) is 2.00. The van der Waals surface area contributed by atoms with Crippen LogP contribution in [0.2, 0.25) is 0 Å². The highest BCUT2D eigenvalue weighted by Gasteiger charge is 2.26. The van der Waals surface area contributed by atoms with E-state index in [0.717, 1.165) is 18.7 Å². The third-order valence-corrected chi connectivity index (χ3v) is 3.15. The van der Waals surface area contributed by atoms with Crippen molar-refractivity contribution in [3.8, 4) is 0 Å². The SMILES string of the molecule is Cc1ccc(N(C)CCCC(C)(N)C(=O)O)cc1. The van der Waals surface area contributed by atoms with Gasteiger partial charge >= 0.3 is 5.97 Å². The Morgan fingerprint density at radius 3 is 2.44 bits per heavy atom. The van der Waals surface area contributed by atoms with E-state index in [2.05, 4.69) is 36.1 Å². The fourth-order valence-corrected chi connectivity index (χ4v) is 1.72. The number of aryl methyl sites for hydroxylation is 1. The minimum atomic E-state index is -1.13. The molecule has 4 heteroatoms. The smallest absolute Gasteiger partial charge is 0.323 e. The summed E-state index contributed by atoms with van der Waals surface area (Å²) in [4.78, 5) is 13.0. The normalized spacial score (nSPS) is 14.0. The van der Waals surface area contributed by atoms with Crippen molar-refractivity contribution in [3.05, 3.63) is 29.8 Å². The van der Waals surface area contributed by atoms with Crippen molar-refractivity contribution >= 4 is 11.7 Å². The van der Waals surface area contributed by atoms with Crippen LogP contribution in [0.5, 0.6) is 0 Å². The van der Waals surface area contributed by atoms with Crippen molar-refractivity contribution in [1.29, 1.82) is 0 Å². The molecular formula is C14H22N2O2. The van der Waals surface area contributed by atoms with Crippen molar-refractivity contribution < 1.29 is 9.90 Å². The topological polar surface area (TPSA) is 66.6 Å². The summed E-state index contributed by atoms with van der Waals surface area (Å²) in [6.07, 6.45) is 1.22. The molecule has 0 amide bonds. The van der Waals surface area contributed by atoms with Crippen LogP contribution in [0.25, 0.3) is 0 Å². The van der Waals surface area contributed by atoms with E-state index < -0.39 is 11.5 Å². The summed E-state index contributed by atoms with van der Waals surface area (Å²) in [5.41, 5.74) is 6.92. The van der Waals surface area contributed by atoms with Gasteiger partial charge < -0.3 is 15.7 Å². The molecule has 0 aromatic heterocycles.